The van der Waals surface area contributed by atoms with Crippen molar-refractivity contribution in [2.24, 2.45) is 0 Å². The highest BCUT2D eigenvalue weighted by atomic mass is 16.5. The van der Waals surface area contributed by atoms with Crippen molar-refractivity contribution in [2.75, 3.05) is 24.6 Å². The van der Waals surface area contributed by atoms with Crippen molar-refractivity contribution in [1.29, 1.82) is 0 Å². The van der Waals surface area contributed by atoms with Crippen LogP contribution in [0.2, 0.25) is 0 Å². The Hall–Kier alpha value is -1.71. The zero-order valence-electron chi connectivity index (χ0n) is 13.9. The number of anilines is 1. The van der Waals surface area contributed by atoms with Crippen LogP contribution in [0.3, 0.4) is 0 Å². The topological polar surface area (TPSA) is 49.8 Å². The van der Waals surface area contributed by atoms with Crippen LogP contribution in [-0.2, 0) is 15.6 Å². The summed E-state index contributed by atoms with van der Waals surface area (Å²) in [5.41, 5.74) is 3.99. The van der Waals surface area contributed by atoms with E-state index < -0.39 is 5.97 Å². The molecular weight excluding hydrogens is 278 g/mol. The van der Waals surface area contributed by atoms with Crippen LogP contribution in [-0.4, -0.2) is 30.8 Å². The largest absolute Gasteiger partial charge is 0.482 e. The van der Waals surface area contributed by atoms with Crippen LogP contribution in [0.1, 0.15) is 51.7 Å². The minimum Gasteiger partial charge on any atom is -0.482 e. The molecule has 0 aliphatic carbocycles. The molecule has 3 rings (SSSR count). The van der Waals surface area contributed by atoms with Crippen molar-refractivity contribution in [3.63, 3.8) is 0 Å². The van der Waals surface area contributed by atoms with Gasteiger partial charge in [0.15, 0.2) is 6.61 Å². The van der Waals surface area contributed by atoms with Gasteiger partial charge in [-0.25, -0.2) is 4.79 Å². The van der Waals surface area contributed by atoms with Gasteiger partial charge in [-0.1, -0.05) is 33.8 Å². The van der Waals surface area contributed by atoms with E-state index in [1.54, 1.807) is 0 Å². The Labute approximate surface area is 132 Å². The van der Waals surface area contributed by atoms with Crippen molar-refractivity contribution in [1.82, 2.24) is 0 Å². The molecule has 1 aromatic rings. The Morgan fingerprint density at radius 2 is 1.82 bits per heavy atom. The van der Waals surface area contributed by atoms with Crippen molar-refractivity contribution >= 4 is 11.7 Å². The number of carboxylic acid groups (broad SMARTS) is 1. The molecule has 0 spiro atoms. The van der Waals surface area contributed by atoms with Gasteiger partial charge in [-0.05, 0) is 35.3 Å². The summed E-state index contributed by atoms with van der Waals surface area (Å²) >= 11 is 0. The van der Waals surface area contributed by atoms with Gasteiger partial charge in [0.25, 0.3) is 0 Å². The van der Waals surface area contributed by atoms with E-state index in [2.05, 4.69) is 38.7 Å². The van der Waals surface area contributed by atoms with Gasteiger partial charge in [-0.3, -0.25) is 0 Å². The molecular formula is C18H25NO3. The van der Waals surface area contributed by atoms with Crippen LogP contribution in [0, 0.1) is 0 Å². The molecule has 0 saturated carbocycles. The molecule has 4 heteroatoms. The molecule has 0 bridgehead atoms. The quantitative estimate of drug-likeness (QED) is 0.930. The number of hydrogen-bond acceptors (Lipinski definition) is 3. The maximum Gasteiger partial charge on any atom is 0.341 e. The van der Waals surface area contributed by atoms with Gasteiger partial charge in [-0.2, -0.15) is 0 Å². The first-order valence-electron chi connectivity index (χ1n) is 8.00. The monoisotopic (exact) mass is 303 g/mol. The molecule has 0 unspecified atom stereocenters. The van der Waals surface area contributed by atoms with Crippen molar-refractivity contribution in [2.45, 2.75) is 51.4 Å². The van der Waals surface area contributed by atoms with E-state index in [1.165, 1.54) is 16.8 Å². The molecule has 2 heterocycles. The Bertz CT molecular complexity index is 617. The van der Waals surface area contributed by atoms with Gasteiger partial charge in [0, 0.05) is 24.3 Å². The molecule has 0 atom stereocenters. The molecule has 0 radical (unpaired) electrons. The lowest BCUT2D eigenvalue weighted by Gasteiger charge is -2.48. The SMILES string of the molecule is CC1(C)CCN2CCC(C)(C)c3c(OCC(=O)O)ccc1c32. The molecule has 0 amide bonds. The number of rotatable bonds is 3. The maximum atomic E-state index is 10.9. The van der Waals surface area contributed by atoms with E-state index in [-0.39, 0.29) is 17.4 Å². The second-order valence-electron chi connectivity index (χ2n) is 7.77. The van der Waals surface area contributed by atoms with Crippen LogP contribution in [0.5, 0.6) is 5.75 Å². The van der Waals surface area contributed by atoms with Crippen LogP contribution >= 0.6 is 0 Å². The van der Waals surface area contributed by atoms with Gasteiger partial charge in [0.1, 0.15) is 5.75 Å². The second-order valence-corrected chi connectivity index (χ2v) is 7.77. The summed E-state index contributed by atoms with van der Waals surface area (Å²) in [5.74, 6) is -0.204. The molecule has 4 nitrogen and oxygen atoms in total. The molecule has 0 saturated heterocycles. The zero-order valence-corrected chi connectivity index (χ0v) is 13.9. The molecule has 2 aliphatic heterocycles. The lowest BCUT2D eigenvalue weighted by molar-refractivity contribution is -0.139. The summed E-state index contributed by atoms with van der Waals surface area (Å²) in [7, 11) is 0. The molecule has 2 aliphatic rings. The Morgan fingerprint density at radius 3 is 2.45 bits per heavy atom. The standard InChI is InChI=1S/C18H25NO3/c1-17(2)7-9-19-10-8-18(3,4)15-13(22-11-14(20)21)6-5-12(17)16(15)19/h5-6H,7-11H2,1-4H3,(H,20,21). The lowest BCUT2D eigenvalue weighted by atomic mass is 9.69. The first-order chi connectivity index (χ1) is 10.2. The lowest BCUT2D eigenvalue weighted by Crippen LogP contribution is -2.44. The van der Waals surface area contributed by atoms with Crippen LogP contribution in [0.25, 0.3) is 0 Å². The van der Waals surface area contributed by atoms with E-state index in [9.17, 15) is 4.79 Å². The number of ether oxygens (including phenoxy) is 1. The van der Waals surface area contributed by atoms with Crippen molar-refractivity contribution in [3.8, 4) is 5.75 Å². The number of aliphatic carboxylic acids is 1. The number of carboxylic acids is 1. The molecule has 1 aromatic carbocycles. The molecule has 0 aromatic heterocycles. The first kappa shape index (κ1) is 15.2. The minimum absolute atomic E-state index is 0.00308. The fourth-order valence-corrected chi connectivity index (χ4v) is 3.79. The second kappa shape index (κ2) is 4.90. The Kier molecular flexibility index (Phi) is 3.38. The number of hydrogen-bond donors (Lipinski definition) is 1. The Morgan fingerprint density at radius 1 is 1.18 bits per heavy atom. The number of nitrogens with zero attached hydrogens (tertiary/aromatic N) is 1. The summed E-state index contributed by atoms with van der Waals surface area (Å²) in [6.45, 7) is 10.9. The smallest absolute Gasteiger partial charge is 0.341 e. The van der Waals surface area contributed by atoms with Crippen molar-refractivity contribution in [3.05, 3.63) is 23.3 Å². The highest BCUT2D eigenvalue weighted by Crippen LogP contribution is 2.52. The summed E-state index contributed by atoms with van der Waals surface area (Å²) in [6.07, 6.45) is 2.21. The third-order valence-corrected chi connectivity index (χ3v) is 5.23. The predicted octanol–water partition coefficient (Wildman–Crippen LogP) is 3.32. The Balaban J connectivity index is 2.17. The van der Waals surface area contributed by atoms with Gasteiger partial charge < -0.3 is 14.7 Å². The van der Waals surface area contributed by atoms with E-state index in [1.807, 2.05) is 6.07 Å². The van der Waals surface area contributed by atoms with Crippen LogP contribution in [0.15, 0.2) is 12.1 Å². The maximum absolute atomic E-state index is 10.9. The van der Waals surface area contributed by atoms with Gasteiger partial charge in [0.2, 0.25) is 0 Å². The average Bonchev–Trinajstić information content (AvgIpc) is 2.42. The van der Waals surface area contributed by atoms with Gasteiger partial charge >= 0.3 is 5.97 Å². The highest BCUT2D eigenvalue weighted by molar-refractivity contribution is 5.73. The fraction of sp³-hybridized carbons (Fsp3) is 0.611. The van der Waals surface area contributed by atoms with E-state index >= 15 is 0 Å². The van der Waals surface area contributed by atoms with E-state index in [0.717, 1.165) is 31.7 Å². The van der Waals surface area contributed by atoms with Crippen LogP contribution in [0.4, 0.5) is 5.69 Å². The first-order valence-corrected chi connectivity index (χ1v) is 8.00. The third kappa shape index (κ3) is 2.34. The number of benzene rings is 1. The summed E-state index contributed by atoms with van der Waals surface area (Å²) in [4.78, 5) is 13.3. The van der Waals surface area contributed by atoms with Crippen LogP contribution < -0.4 is 9.64 Å². The molecule has 120 valence electrons. The summed E-state index contributed by atoms with van der Waals surface area (Å²) in [6, 6.07) is 4.10. The fourth-order valence-electron chi connectivity index (χ4n) is 3.79. The minimum atomic E-state index is -0.935. The predicted molar refractivity (Wildman–Crippen MR) is 87.1 cm³/mol. The molecule has 0 fully saturated rings. The van der Waals surface area contributed by atoms with Gasteiger partial charge in [-0.15, -0.1) is 0 Å². The van der Waals surface area contributed by atoms with E-state index in [4.69, 9.17) is 9.84 Å². The summed E-state index contributed by atoms with van der Waals surface area (Å²) < 4.78 is 5.62. The number of carbonyl (C=O) groups is 1. The third-order valence-electron chi connectivity index (χ3n) is 5.23. The molecule has 22 heavy (non-hydrogen) atoms. The van der Waals surface area contributed by atoms with Gasteiger partial charge in [0.05, 0.1) is 0 Å². The van der Waals surface area contributed by atoms with E-state index in [0.29, 0.717) is 0 Å². The van der Waals surface area contributed by atoms with Crippen molar-refractivity contribution < 1.29 is 14.6 Å². The normalized spacial score (nSPS) is 21.2. The summed E-state index contributed by atoms with van der Waals surface area (Å²) in [5, 5.41) is 8.92. The zero-order chi connectivity index (χ0) is 16.1. The average molecular weight is 303 g/mol. The highest BCUT2D eigenvalue weighted by Gasteiger charge is 2.41. The molecule has 1 N–H and O–H groups in total.